The number of nitrogens with zero attached hydrogens (tertiary/aromatic N) is 1. The lowest BCUT2D eigenvalue weighted by molar-refractivity contribution is -0.116. The van der Waals surface area contributed by atoms with E-state index in [1.165, 1.54) is 12.5 Å². The topological polar surface area (TPSA) is 71.1 Å². The fraction of sp³-hybridized carbons (Fsp3) is 0.190. The Morgan fingerprint density at radius 2 is 1.78 bits per heavy atom. The van der Waals surface area contributed by atoms with Gasteiger partial charge in [0.2, 0.25) is 11.8 Å². The summed E-state index contributed by atoms with van der Waals surface area (Å²) in [6, 6.07) is 15.2. The van der Waals surface area contributed by atoms with Crippen LogP contribution in [0.4, 0.5) is 11.4 Å². The van der Waals surface area contributed by atoms with Crippen molar-refractivity contribution in [3.05, 3.63) is 65.2 Å². The third kappa shape index (κ3) is 5.24. The molecular formula is C21H21N3O2S. The normalized spacial score (nSPS) is 10.4. The SMILES string of the molecule is CC(=O)Nc1cccc(NC(=O)CCc2csc(-c3ccccc3C)n2)c1. The zero-order chi connectivity index (χ0) is 19.2. The van der Waals surface area contributed by atoms with Crippen molar-refractivity contribution in [2.75, 3.05) is 10.6 Å². The first-order chi connectivity index (χ1) is 13.0. The largest absolute Gasteiger partial charge is 0.326 e. The number of amides is 2. The van der Waals surface area contributed by atoms with Gasteiger partial charge in [-0.05, 0) is 37.1 Å². The van der Waals surface area contributed by atoms with Crippen LogP contribution >= 0.6 is 11.3 Å². The van der Waals surface area contributed by atoms with Crippen LogP contribution in [0.25, 0.3) is 10.6 Å². The number of carbonyl (C=O) groups excluding carboxylic acids is 2. The molecule has 0 aliphatic rings. The molecule has 0 saturated carbocycles. The molecule has 138 valence electrons. The van der Waals surface area contributed by atoms with Gasteiger partial charge in [-0.3, -0.25) is 9.59 Å². The number of benzene rings is 2. The fourth-order valence-corrected chi connectivity index (χ4v) is 3.65. The van der Waals surface area contributed by atoms with E-state index in [1.807, 2.05) is 17.5 Å². The Balaban J connectivity index is 1.57. The number of hydrogen-bond acceptors (Lipinski definition) is 4. The van der Waals surface area contributed by atoms with Crippen molar-refractivity contribution in [2.45, 2.75) is 26.7 Å². The van der Waals surface area contributed by atoms with Gasteiger partial charge in [0.05, 0.1) is 5.69 Å². The van der Waals surface area contributed by atoms with Crippen molar-refractivity contribution in [3.8, 4) is 10.6 Å². The van der Waals surface area contributed by atoms with Crippen molar-refractivity contribution >= 4 is 34.5 Å². The van der Waals surface area contributed by atoms with Gasteiger partial charge in [-0.2, -0.15) is 0 Å². The number of anilines is 2. The second-order valence-electron chi connectivity index (χ2n) is 6.27. The molecule has 1 heterocycles. The van der Waals surface area contributed by atoms with E-state index in [4.69, 9.17) is 0 Å². The van der Waals surface area contributed by atoms with Gasteiger partial charge in [-0.15, -0.1) is 11.3 Å². The highest BCUT2D eigenvalue weighted by molar-refractivity contribution is 7.13. The maximum atomic E-state index is 12.2. The van der Waals surface area contributed by atoms with Gasteiger partial charge in [-0.1, -0.05) is 30.3 Å². The summed E-state index contributed by atoms with van der Waals surface area (Å²) in [6.07, 6.45) is 0.931. The molecule has 2 aromatic carbocycles. The summed E-state index contributed by atoms with van der Waals surface area (Å²) >= 11 is 1.60. The van der Waals surface area contributed by atoms with Crippen LogP contribution in [-0.4, -0.2) is 16.8 Å². The van der Waals surface area contributed by atoms with Crippen molar-refractivity contribution in [1.29, 1.82) is 0 Å². The number of rotatable bonds is 6. The first kappa shape index (κ1) is 18.8. The van der Waals surface area contributed by atoms with Gasteiger partial charge < -0.3 is 10.6 Å². The number of thiazole rings is 1. The lowest BCUT2D eigenvalue weighted by Crippen LogP contribution is -2.13. The van der Waals surface area contributed by atoms with Crippen molar-refractivity contribution in [3.63, 3.8) is 0 Å². The van der Waals surface area contributed by atoms with Crippen LogP contribution in [0.1, 0.15) is 24.6 Å². The molecule has 0 unspecified atom stereocenters. The fourth-order valence-electron chi connectivity index (χ4n) is 2.70. The minimum atomic E-state index is -0.147. The molecule has 3 rings (SSSR count). The summed E-state index contributed by atoms with van der Waals surface area (Å²) in [4.78, 5) is 28.0. The smallest absolute Gasteiger partial charge is 0.224 e. The lowest BCUT2D eigenvalue weighted by atomic mass is 10.1. The monoisotopic (exact) mass is 379 g/mol. The summed E-state index contributed by atoms with van der Waals surface area (Å²) < 4.78 is 0. The number of hydrogen-bond donors (Lipinski definition) is 2. The molecular weight excluding hydrogens is 358 g/mol. The summed E-state index contributed by atoms with van der Waals surface area (Å²) in [7, 11) is 0. The van der Waals surface area contributed by atoms with Gasteiger partial charge in [0.15, 0.2) is 0 Å². The van der Waals surface area contributed by atoms with Crippen LogP contribution in [0, 0.1) is 6.92 Å². The summed E-state index contributed by atoms with van der Waals surface area (Å²) in [5, 5.41) is 8.54. The van der Waals surface area contributed by atoms with E-state index in [1.54, 1.807) is 35.6 Å². The van der Waals surface area contributed by atoms with Crippen molar-refractivity contribution < 1.29 is 9.59 Å². The lowest BCUT2D eigenvalue weighted by Gasteiger charge is -2.07. The molecule has 27 heavy (non-hydrogen) atoms. The first-order valence-electron chi connectivity index (χ1n) is 8.69. The van der Waals surface area contributed by atoms with E-state index in [-0.39, 0.29) is 11.8 Å². The highest BCUT2D eigenvalue weighted by atomic mass is 32.1. The Hall–Kier alpha value is -2.99. The van der Waals surface area contributed by atoms with E-state index in [0.29, 0.717) is 24.2 Å². The third-order valence-electron chi connectivity index (χ3n) is 4.00. The maximum absolute atomic E-state index is 12.2. The minimum absolute atomic E-state index is 0.0829. The number of carbonyl (C=O) groups is 2. The third-order valence-corrected chi connectivity index (χ3v) is 4.93. The van der Waals surface area contributed by atoms with Gasteiger partial charge >= 0.3 is 0 Å². The standard InChI is InChI=1S/C21H21N3O2S/c1-14-6-3-4-9-19(14)21-24-18(13-27-21)10-11-20(26)23-17-8-5-7-16(12-17)22-15(2)25/h3-9,12-13H,10-11H2,1-2H3,(H,22,25)(H,23,26). The van der Waals surface area contributed by atoms with Crippen LogP contribution in [0.5, 0.6) is 0 Å². The average molecular weight is 379 g/mol. The summed E-state index contributed by atoms with van der Waals surface area (Å²) in [6.45, 7) is 3.52. The molecule has 0 spiro atoms. The Kier molecular flexibility index (Phi) is 5.98. The van der Waals surface area contributed by atoms with Crippen LogP contribution in [-0.2, 0) is 16.0 Å². The first-order valence-corrected chi connectivity index (χ1v) is 9.57. The number of aromatic nitrogens is 1. The predicted octanol–water partition coefficient (Wildman–Crippen LogP) is 4.65. The van der Waals surface area contributed by atoms with Crippen molar-refractivity contribution in [1.82, 2.24) is 4.98 Å². The van der Waals surface area contributed by atoms with Crippen molar-refractivity contribution in [2.24, 2.45) is 0 Å². The molecule has 0 radical (unpaired) electrons. The Morgan fingerprint density at radius 1 is 1.04 bits per heavy atom. The molecule has 0 bridgehead atoms. The number of nitrogens with one attached hydrogen (secondary N) is 2. The van der Waals surface area contributed by atoms with Gasteiger partial charge in [0.1, 0.15) is 5.01 Å². The Bertz CT molecular complexity index is 965. The van der Waals surface area contributed by atoms with Crippen LogP contribution in [0.2, 0.25) is 0 Å². The quantitative estimate of drug-likeness (QED) is 0.655. The molecule has 2 amide bonds. The molecule has 0 atom stereocenters. The highest BCUT2D eigenvalue weighted by Crippen LogP contribution is 2.27. The van der Waals surface area contributed by atoms with Crippen LogP contribution in [0.3, 0.4) is 0 Å². The molecule has 1 aromatic heterocycles. The minimum Gasteiger partial charge on any atom is -0.326 e. The van der Waals surface area contributed by atoms with E-state index in [9.17, 15) is 9.59 Å². The molecule has 6 heteroatoms. The number of aryl methyl sites for hydroxylation is 2. The van der Waals surface area contributed by atoms with Gasteiger partial charge in [0, 0.05) is 35.7 Å². The van der Waals surface area contributed by atoms with Crippen LogP contribution < -0.4 is 10.6 Å². The zero-order valence-electron chi connectivity index (χ0n) is 15.3. The summed E-state index contributed by atoms with van der Waals surface area (Å²) in [5.41, 5.74) is 4.55. The second-order valence-corrected chi connectivity index (χ2v) is 7.13. The van der Waals surface area contributed by atoms with E-state index in [0.717, 1.165) is 16.3 Å². The van der Waals surface area contributed by atoms with E-state index < -0.39 is 0 Å². The molecule has 0 aliphatic heterocycles. The zero-order valence-corrected chi connectivity index (χ0v) is 16.1. The second kappa shape index (κ2) is 8.60. The Labute approximate surface area is 162 Å². The van der Waals surface area contributed by atoms with Gasteiger partial charge in [0.25, 0.3) is 0 Å². The summed E-state index contributed by atoms with van der Waals surface area (Å²) in [5.74, 6) is -0.230. The van der Waals surface area contributed by atoms with Crippen LogP contribution in [0.15, 0.2) is 53.9 Å². The average Bonchev–Trinajstić information content (AvgIpc) is 3.09. The predicted molar refractivity (Wildman–Crippen MR) is 110 cm³/mol. The van der Waals surface area contributed by atoms with E-state index >= 15 is 0 Å². The Morgan fingerprint density at radius 3 is 2.52 bits per heavy atom. The molecule has 3 aromatic rings. The molecule has 0 fully saturated rings. The van der Waals surface area contributed by atoms with E-state index in [2.05, 4.69) is 34.7 Å². The molecule has 0 saturated heterocycles. The molecule has 5 nitrogen and oxygen atoms in total. The molecule has 0 aliphatic carbocycles. The highest BCUT2D eigenvalue weighted by Gasteiger charge is 2.09. The maximum Gasteiger partial charge on any atom is 0.224 e. The molecule has 2 N–H and O–H groups in total. The van der Waals surface area contributed by atoms with Gasteiger partial charge in [-0.25, -0.2) is 4.98 Å².